The molecule has 1 aromatic heterocycles. The summed E-state index contributed by atoms with van der Waals surface area (Å²) in [5.41, 5.74) is 8.30. The molecule has 0 aliphatic heterocycles. The maximum atomic E-state index is 6.09. The first-order valence-corrected chi connectivity index (χ1v) is 7.42. The van der Waals surface area contributed by atoms with E-state index in [9.17, 15) is 0 Å². The van der Waals surface area contributed by atoms with Crippen LogP contribution >= 0.6 is 11.6 Å². The van der Waals surface area contributed by atoms with Crippen LogP contribution in [-0.4, -0.2) is 16.6 Å². The fraction of sp³-hybridized carbons (Fsp3) is 0.176. The summed E-state index contributed by atoms with van der Waals surface area (Å²) >= 11 is 6.03. The maximum absolute atomic E-state index is 6.09. The van der Waals surface area contributed by atoms with Gasteiger partial charge in [-0.3, -0.25) is 0 Å². The number of benzene rings is 2. The zero-order valence-corrected chi connectivity index (χ0v) is 12.9. The number of nitrogens with two attached hydrogens (primary N) is 1. The second-order valence-electron chi connectivity index (χ2n) is 5.14. The predicted octanol–water partition coefficient (Wildman–Crippen LogP) is 4.05. The molecule has 2 aromatic carbocycles. The number of hydrogen-bond donors (Lipinski definition) is 1. The Bertz CT molecular complexity index is 793. The van der Waals surface area contributed by atoms with Gasteiger partial charge in [0.2, 0.25) is 5.28 Å². The van der Waals surface area contributed by atoms with Crippen molar-refractivity contribution in [2.45, 2.75) is 12.8 Å². The third-order valence-corrected chi connectivity index (χ3v) is 3.64. The van der Waals surface area contributed by atoms with Crippen molar-refractivity contribution in [2.24, 2.45) is 0 Å². The van der Waals surface area contributed by atoms with Crippen LogP contribution in [0.2, 0.25) is 5.28 Å². The molecule has 112 valence electrons. The summed E-state index contributed by atoms with van der Waals surface area (Å²) in [7, 11) is 0. The molecule has 5 heteroatoms. The molecule has 4 nitrogen and oxygen atoms in total. The first kappa shape index (κ1) is 14.6. The molecule has 0 aliphatic carbocycles. The molecule has 1 atom stereocenters. The molecular formula is C17H16ClN3O. The van der Waals surface area contributed by atoms with Crippen molar-refractivity contribution in [1.29, 1.82) is 0 Å². The van der Waals surface area contributed by atoms with Crippen molar-refractivity contribution in [3.63, 3.8) is 0 Å². The highest BCUT2D eigenvalue weighted by Gasteiger charge is 2.16. The minimum Gasteiger partial charge on any atom is -0.493 e. The van der Waals surface area contributed by atoms with E-state index in [0.29, 0.717) is 12.3 Å². The maximum Gasteiger partial charge on any atom is 0.223 e. The van der Waals surface area contributed by atoms with E-state index in [1.807, 2.05) is 55.5 Å². The molecule has 0 amide bonds. The van der Waals surface area contributed by atoms with Gasteiger partial charge in [-0.2, -0.15) is 0 Å². The van der Waals surface area contributed by atoms with E-state index in [1.54, 1.807) is 0 Å². The lowest BCUT2D eigenvalue weighted by molar-refractivity contribution is 0.294. The topological polar surface area (TPSA) is 61.0 Å². The van der Waals surface area contributed by atoms with Gasteiger partial charge in [0, 0.05) is 17.0 Å². The number of aromatic nitrogens is 2. The average Bonchev–Trinajstić information content (AvgIpc) is 2.53. The highest BCUT2D eigenvalue weighted by molar-refractivity contribution is 6.28. The van der Waals surface area contributed by atoms with E-state index in [-0.39, 0.29) is 11.2 Å². The SMILES string of the molecule is CC(COc1ccccc1)c1nc(Cl)nc2cccc(N)c12. The molecule has 0 fully saturated rings. The van der Waals surface area contributed by atoms with Crippen LogP contribution in [0.3, 0.4) is 0 Å². The van der Waals surface area contributed by atoms with Crippen molar-refractivity contribution in [3.8, 4) is 5.75 Å². The number of anilines is 1. The zero-order valence-electron chi connectivity index (χ0n) is 12.2. The van der Waals surface area contributed by atoms with Gasteiger partial charge in [-0.05, 0) is 35.9 Å². The standard InChI is InChI=1S/C17H16ClN3O/c1-11(10-22-12-6-3-2-4-7-12)16-15-13(19)8-5-9-14(15)20-17(18)21-16/h2-9,11H,10,19H2,1H3. The fourth-order valence-electron chi connectivity index (χ4n) is 2.38. The summed E-state index contributed by atoms with van der Waals surface area (Å²) in [5, 5.41) is 1.07. The van der Waals surface area contributed by atoms with Gasteiger partial charge in [-0.1, -0.05) is 31.2 Å². The lowest BCUT2D eigenvalue weighted by Gasteiger charge is -2.16. The van der Waals surface area contributed by atoms with Crippen LogP contribution in [-0.2, 0) is 0 Å². The van der Waals surface area contributed by atoms with E-state index < -0.39 is 0 Å². The number of ether oxygens (including phenoxy) is 1. The number of hydrogen-bond acceptors (Lipinski definition) is 4. The molecule has 0 bridgehead atoms. The molecule has 0 radical (unpaired) electrons. The number of rotatable bonds is 4. The van der Waals surface area contributed by atoms with E-state index in [2.05, 4.69) is 9.97 Å². The summed E-state index contributed by atoms with van der Waals surface area (Å²) in [6, 6.07) is 15.3. The number of para-hydroxylation sites is 1. The van der Waals surface area contributed by atoms with Gasteiger partial charge in [-0.15, -0.1) is 0 Å². The Hall–Kier alpha value is -2.33. The number of nitrogens with zero attached hydrogens (tertiary/aromatic N) is 2. The number of fused-ring (bicyclic) bond motifs is 1. The Morgan fingerprint density at radius 3 is 2.64 bits per heavy atom. The Balaban J connectivity index is 1.92. The molecule has 3 aromatic rings. The van der Waals surface area contributed by atoms with E-state index in [1.165, 1.54) is 0 Å². The summed E-state index contributed by atoms with van der Waals surface area (Å²) in [5.74, 6) is 0.861. The second-order valence-corrected chi connectivity index (χ2v) is 5.48. The van der Waals surface area contributed by atoms with Gasteiger partial charge >= 0.3 is 0 Å². The molecule has 0 saturated carbocycles. The first-order valence-electron chi connectivity index (χ1n) is 7.04. The fourth-order valence-corrected chi connectivity index (χ4v) is 2.57. The first-order chi connectivity index (χ1) is 10.6. The molecule has 1 heterocycles. The molecule has 0 saturated heterocycles. The number of halogens is 1. The third-order valence-electron chi connectivity index (χ3n) is 3.47. The summed E-state index contributed by atoms with van der Waals surface area (Å²) in [6.07, 6.45) is 0. The van der Waals surface area contributed by atoms with Gasteiger partial charge in [0.25, 0.3) is 0 Å². The lowest BCUT2D eigenvalue weighted by atomic mass is 10.0. The van der Waals surface area contributed by atoms with Crippen LogP contribution in [0.5, 0.6) is 5.75 Å². The lowest BCUT2D eigenvalue weighted by Crippen LogP contribution is -2.11. The molecule has 0 spiro atoms. The Morgan fingerprint density at radius 2 is 1.86 bits per heavy atom. The highest BCUT2D eigenvalue weighted by Crippen LogP contribution is 2.29. The third kappa shape index (κ3) is 2.97. The molecular weight excluding hydrogens is 298 g/mol. The average molecular weight is 314 g/mol. The predicted molar refractivity (Wildman–Crippen MR) is 89.3 cm³/mol. The summed E-state index contributed by atoms with van der Waals surface area (Å²) in [4.78, 5) is 8.60. The van der Waals surface area contributed by atoms with Crippen LogP contribution in [0.15, 0.2) is 48.5 Å². The van der Waals surface area contributed by atoms with Crippen molar-refractivity contribution >= 4 is 28.2 Å². The van der Waals surface area contributed by atoms with E-state index >= 15 is 0 Å². The molecule has 0 aliphatic rings. The van der Waals surface area contributed by atoms with Gasteiger partial charge in [0.15, 0.2) is 0 Å². The highest BCUT2D eigenvalue weighted by atomic mass is 35.5. The Labute approximate surface area is 133 Å². The van der Waals surface area contributed by atoms with Crippen LogP contribution in [0.1, 0.15) is 18.5 Å². The van der Waals surface area contributed by atoms with Crippen LogP contribution in [0, 0.1) is 0 Å². The molecule has 3 rings (SSSR count). The van der Waals surface area contributed by atoms with Crippen molar-refractivity contribution in [2.75, 3.05) is 12.3 Å². The molecule has 22 heavy (non-hydrogen) atoms. The second kappa shape index (κ2) is 6.20. The van der Waals surface area contributed by atoms with Gasteiger partial charge in [0.05, 0.1) is 17.8 Å². The minimum absolute atomic E-state index is 0.0351. The van der Waals surface area contributed by atoms with Crippen LogP contribution in [0.4, 0.5) is 5.69 Å². The van der Waals surface area contributed by atoms with Gasteiger partial charge < -0.3 is 10.5 Å². The largest absolute Gasteiger partial charge is 0.493 e. The monoisotopic (exact) mass is 313 g/mol. The van der Waals surface area contributed by atoms with E-state index in [4.69, 9.17) is 22.1 Å². The summed E-state index contributed by atoms with van der Waals surface area (Å²) < 4.78 is 5.81. The van der Waals surface area contributed by atoms with Crippen molar-refractivity contribution in [3.05, 3.63) is 59.5 Å². The van der Waals surface area contributed by atoms with Crippen LogP contribution in [0.25, 0.3) is 10.9 Å². The number of nitrogen functional groups attached to an aromatic ring is 1. The minimum atomic E-state index is 0.0351. The summed E-state index contributed by atoms with van der Waals surface area (Å²) in [6.45, 7) is 2.52. The quantitative estimate of drug-likeness (QED) is 0.583. The van der Waals surface area contributed by atoms with Crippen molar-refractivity contribution in [1.82, 2.24) is 9.97 Å². The van der Waals surface area contributed by atoms with Crippen molar-refractivity contribution < 1.29 is 4.74 Å². The Morgan fingerprint density at radius 1 is 1.09 bits per heavy atom. The van der Waals surface area contributed by atoms with Gasteiger partial charge in [0.1, 0.15) is 5.75 Å². The van der Waals surface area contributed by atoms with Crippen LogP contribution < -0.4 is 10.5 Å². The smallest absolute Gasteiger partial charge is 0.223 e. The van der Waals surface area contributed by atoms with Gasteiger partial charge in [-0.25, -0.2) is 9.97 Å². The Kier molecular flexibility index (Phi) is 4.11. The molecule has 1 unspecified atom stereocenters. The normalized spacial score (nSPS) is 12.3. The zero-order chi connectivity index (χ0) is 15.5. The van der Waals surface area contributed by atoms with E-state index in [0.717, 1.165) is 22.3 Å². The molecule has 2 N–H and O–H groups in total.